The van der Waals surface area contributed by atoms with Gasteiger partial charge in [-0.1, -0.05) is 11.3 Å². The molecule has 1 N–H and O–H groups in total. The van der Waals surface area contributed by atoms with Gasteiger partial charge >= 0.3 is 0 Å². The molecule has 1 rings (SSSR count). The van der Waals surface area contributed by atoms with E-state index in [4.69, 9.17) is 0 Å². The number of carbonyl (C=O) groups excluding carboxylic acids is 1. The van der Waals surface area contributed by atoms with E-state index in [2.05, 4.69) is 15.5 Å². The van der Waals surface area contributed by atoms with Crippen molar-refractivity contribution in [3.8, 4) is 0 Å². The quantitative estimate of drug-likeness (QED) is 0.686. The average Bonchev–Trinajstić information content (AvgIpc) is 2.49. The Morgan fingerprint density at radius 3 is 2.50 bits per heavy atom. The lowest BCUT2D eigenvalue weighted by atomic mass is 10.3. The lowest BCUT2D eigenvalue weighted by Gasteiger charge is -2.03. The molecule has 4 nitrogen and oxygen atoms in total. The standard InChI is InChI=1S/C8H10IN3OS/c1-4(7(9)5(2)13)10-8-12-11-6(3)14-8/h1-3H3,(H,10,12)/b7-4+. The first kappa shape index (κ1) is 11.6. The highest BCUT2D eigenvalue weighted by Crippen LogP contribution is 2.19. The molecule has 0 amide bonds. The van der Waals surface area contributed by atoms with Gasteiger partial charge < -0.3 is 5.32 Å². The molecule has 0 radical (unpaired) electrons. The number of aryl methyl sites for hydroxylation is 1. The van der Waals surface area contributed by atoms with Gasteiger partial charge in [-0.3, -0.25) is 4.79 Å². The molecule has 0 spiro atoms. The van der Waals surface area contributed by atoms with Gasteiger partial charge in [-0.25, -0.2) is 0 Å². The van der Waals surface area contributed by atoms with Crippen LogP contribution >= 0.6 is 33.9 Å². The molecule has 6 heteroatoms. The van der Waals surface area contributed by atoms with E-state index in [1.54, 1.807) is 0 Å². The van der Waals surface area contributed by atoms with Crippen LogP contribution in [0, 0.1) is 6.92 Å². The molecule has 0 saturated carbocycles. The number of hydrogen-bond acceptors (Lipinski definition) is 5. The van der Waals surface area contributed by atoms with E-state index in [0.717, 1.165) is 15.8 Å². The van der Waals surface area contributed by atoms with Crippen molar-refractivity contribution in [2.24, 2.45) is 0 Å². The molecule has 0 saturated heterocycles. The van der Waals surface area contributed by atoms with Gasteiger partial charge in [0.25, 0.3) is 0 Å². The Morgan fingerprint density at radius 2 is 2.07 bits per heavy atom. The summed E-state index contributed by atoms with van der Waals surface area (Å²) < 4.78 is 0.690. The van der Waals surface area contributed by atoms with Crippen LogP contribution in [-0.2, 0) is 4.79 Å². The third kappa shape index (κ3) is 3.02. The van der Waals surface area contributed by atoms with Crippen molar-refractivity contribution in [3.05, 3.63) is 14.3 Å². The Labute approximate surface area is 100.0 Å². The summed E-state index contributed by atoms with van der Waals surface area (Å²) in [4.78, 5) is 11.0. The van der Waals surface area contributed by atoms with Crippen LogP contribution < -0.4 is 5.32 Å². The first-order valence-electron chi connectivity index (χ1n) is 3.95. The van der Waals surface area contributed by atoms with Crippen molar-refractivity contribution in [3.63, 3.8) is 0 Å². The molecule has 14 heavy (non-hydrogen) atoms. The second kappa shape index (κ2) is 4.83. The summed E-state index contributed by atoms with van der Waals surface area (Å²) in [6, 6.07) is 0. The molecule has 0 aliphatic heterocycles. The van der Waals surface area contributed by atoms with E-state index in [9.17, 15) is 4.79 Å². The predicted molar refractivity (Wildman–Crippen MR) is 65.7 cm³/mol. The summed E-state index contributed by atoms with van der Waals surface area (Å²) >= 11 is 3.48. The van der Waals surface area contributed by atoms with E-state index in [-0.39, 0.29) is 5.78 Å². The number of nitrogens with zero attached hydrogens (tertiary/aromatic N) is 2. The molecule has 0 bridgehead atoms. The Bertz CT molecular complexity index is 386. The number of carbonyl (C=O) groups is 1. The normalized spacial score (nSPS) is 12.3. The van der Waals surface area contributed by atoms with E-state index >= 15 is 0 Å². The zero-order valence-corrected chi connectivity index (χ0v) is 11.1. The molecule has 0 aromatic carbocycles. The third-order valence-electron chi connectivity index (χ3n) is 1.46. The minimum Gasteiger partial charge on any atom is -0.333 e. The van der Waals surface area contributed by atoms with Gasteiger partial charge in [-0.05, 0) is 43.4 Å². The SMILES string of the molecule is CC(=O)/C(I)=C(/C)Nc1nnc(C)s1. The number of hydrogen-bond donors (Lipinski definition) is 1. The van der Waals surface area contributed by atoms with Crippen LogP contribution in [0.25, 0.3) is 0 Å². The number of rotatable bonds is 3. The van der Waals surface area contributed by atoms with Gasteiger partial charge in [0.1, 0.15) is 5.01 Å². The minimum atomic E-state index is 0.0526. The summed E-state index contributed by atoms with van der Waals surface area (Å²) in [5.74, 6) is 0.0526. The fourth-order valence-electron chi connectivity index (χ4n) is 0.826. The predicted octanol–water partition coefficient (Wildman–Crippen LogP) is 2.51. The highest BCUT2D eigenvalue weighted by molar-refractivity contribution is 14.1. The smallest absolute Gasteiger partial charge is 0.209 e. The lowest BCUT2D eigenvalue weighted by molar-refractivity contribution is -0.112. The van der Waals surface area contributed by atoms with Crippen molar-refractivity contribution in [1.29, 1.82) is 0 Å². The van der Waals surface area contributed by atoms with Gasteiger partial charge in [0.2, 0.25) is 5.13 Å². The van der Waals surface area contributed by atoms with Crippen molar-refractivity contribution in [2.45, 2.75) is 20.8 Å². The zero-order valence-electron chi connectivity index (χ0n) is 8.09. The molecule has 76 valence electrons. The summed E-state index contributed by atoms with van der Waals surface area (Å²) in [6.45, 7) is 5.27. The van der Waals surface area contributed by atoms with Crippen molar-refractivity contribution in [1.82, 2.24) is 10.2 Å². The number of halogens is 1. The lowest BCUT2D eigenvalue weighted by Crippen LogP contribution is -2.01. The molecule has 0 unspecified atom stereocenters. The molecule has 1 aromatic rings. The van der Waals surface area contributed by atoms with Crippen LogP contribution in [0.15, 0.2) is 9.28 Å². The highest BCUT2D eigenvalue weighted by Gasteiger charge is 2.06. The number of nitrogens with one attached hydrogen (secondary N) is 1. The van der Waals surface area contributed by atoms with E-state index in [1.165, 1.54) is 18.3 Å². The zero-order chi connectivity index (χ0) is 10.7. The number of anilines is 1. The Balaban J connectivity index is 2.79. The molecule has 0 aliphatic carbocycles. The fraction of sp³-hybridized carbons (Fsp3) is 0.375. The first-order valence-corrected chi connectivity index (χ1v) is 5.84. The summed E-state index contributed by atoms with van der Waals surface area (Å²) in [5.41, 5.74) is 0.814. The van der Waals surface area contributed by atoms with Gasteiger partial charge in [-0.15, -0.1) is 10.2 Å². The molecular formula is C8H10IN3OS. The van der Waals surface area contributed by atoms with Crippen molar-refractivity contribution >= 4 is 44.8 Å². The number of allylic oxidation sites excluding steroid dienone is 2. The molecule has 1 aromatic heterocycles. The molecule has 0 atom stereocenters. The maximum Gasteiger partial charge on any atom is 0.209 e. The molecule has 1 heterocycles. The largest absolute Gasteiger partial charge is 0.333 e. The van der Waals surface area contributed by atoms with Gasteiger partial charge in [-0.2, -0.15) is 0 Å². The monoisotopic (exact) mass is 323 g/mol. The first-order chi connectivity index (χ1) is 6.50. The van der Waals surface area contributed by atoms with Crippen molar-refractivity contribution < 1.29 is 4.79 Å². The second-order valence-electron chi connectivity index (χ2n) is 2.75. The Hall–Kier alpha value is -0.500. The van der Waals surface area contributed by atoms with Gasteiger partial charge in [0.05, 0.1) is 3.58 Å². The molecule has 0 aliphatic rings. The summed E-state index contributed by atoms with van der Waals surface area (Å²) in [6.07, 6.45) is 0. The van der Waals surface area contributed by atoms with Gasteiger partial charge in [0, 0.05) is 5.70 Å². The molecule has 0 fully saturated rings. The number of aromatic nitrogens is 2. The topological polar surface area (TPSA) is 54.9 Å². The van der Waals surface area contributed by atoms with Crippen LogP contribution in [0.2, 0.25) is 0 Å². The summed E-state index contributed by atoms with van der Waals surface area (Å²) in [7, 11) is 0. The van der Waals surface area contributed by atoms with E-state index in [0.29, 0.717) is 3.58 Å². The number of Topliss-reactive ketones (excluding diaryl/α,β-unsaturated/α-hetero) is 1. The minimum absolute atomic E-state index is 0.0526. The maximum atomic E-state index is 11.0. The van der Waals surface area contributed by atoms with Crippen LogP contribution in [0.1, 0.15) is 18.9 Å². The van der Waals surface area contributed by atoms with Crippen molar-refractivity contribution in [2.75, 3.05) is 5.32 Å². The van der Waals surface area contributed by atoms with Crippen LogP contribution in [0.5, 0.6) is 0 Å². The molecular weight excluding hydrogens is 313 g/mol. The Kier molecular flexibility index (Phi) is 3.99. The van der Waals surface area contributed by atoms with Crippen LogP contribution in [-0.4, -0.2) is 16.0 Å². The Morgan fingerprint density at radius 1 is 1.43 bits per heavy atom. The second-order valence-corrected chi connectivity index (χ2v) is 5.01. The van der Waals surface area contributed by atoms with Crippen LogP contribution in [0.3, 0.4) is 0 Å². The van der Waals surface area contributed by atoms with E-state index < -0.39 is 0 Å². The summed E-state index contributed by atoms with van der Waals surface area (Å²) in [5, 5.41) is 12.4. The van der Waals surface area contributed by atoms with E-state index in [1.807, 2.05) is 36.4 Å². The fourth-order valence-corrected chi connectivity index (χ4v) is 1.61. The average molecular weight is 323 g/mol. The highest BCUT2D eigenvalue weighted by atomic mass is 127. The van der Waals surface area contributed by atoms with Gasteiger partial charge in [0.15, 0.2) is 5.78 Å². The van der Waals surface area contributed by atoms with Crippen LogP contribution in [0.4, 0.5) is 5.13 Å². The number of ketones is 1. The maximum absolute atomic E-state index is 11.0. The third-order valence-corrected chi connectivity index (χ3v) is 3.78.